The lowest BCUT2D eigenvalue weighted by molar-refractivity contribution is 0.0637. The van der Waals surface area contributed by atoms with Gasteiger partial charge in [0.05, 0.1) is 0 Å². The predicted octanol–water partition coefficient (Wildman–Crippen LogP) is 2.41. The molecular formula is C19H25N5O. The SMILES string of the molecule is CCN1CCN(C(=O)c2cc(N(CC)c3ccccc3)ncn2)CC1. The van der Waals surface area contributed by atoms with Gasteiger partial charge in [0.2, 0.25) is 0 Å². The number of aromatic nitrogens is 2. The van der Waals surface area contributed by atoms with Crippen LogP contribution in [0.4, 0.5) is 11.5 Å². The summed E-state index contributed by atoms with van der Waals surface area (Å²) in [5.41, 5.74) is 1.52. The molecule has 0 spiro atoms. The van der Waals surface area contributed by atoms with E-state index < -0.39 is 0 Å². The number of nitrogens with zero attached hydrogens (tertiary/aromatic N) is 5. The molecule has 2 heterocycles. The van der Waals surface area contributed by atoms with E-state index in [1.807, 2.05) is 35.2 Å². The summed E-state index contributed by atoms with van der Waals surface area (Å²) >= 11 is 0. The van der Waals surface area contributed by atoms with Crippen molar-refractivity contribution in [2.45, 2.75) is 13.8 Å². The third-order valence-electron chi connectivity index (χ3n) is 4.64. The van der Waals surface area contributed by atoms with Gasteiger partial charge in [-0.2, -0.15) is 0 Å². The summed E-state index contributed by atoms with van der Waals surface area (Å²) in [6.07, 6.45) is 1.48. The molecule has 2 aromatic rings. The fourth-order valence-corrected chi connectivity index (χ4v) is 3.13. The number of carbonyl (C=O) groups excluding carboxylic acids is 1. The summed E-state index contributed by atoms with van der Waals surface area (Å²) in [5, 5.41) is 0. The number of hydrogen-bond acceptors (Lipinski definition) is 5. The van der Waals surface area contributed by atoms with E-state index in [1.165, 1.54) is 6.33 Å². The lowest BCUT2D eigenvalue weighted by Crippen LogP contribution is -2.48. The number of benzene rings is 1. The highest BCUT2D eigenvalue weighted by atomic mass is 16.2. The maximum absolute atomic E-state index is 12.8. The quantitative estimate of drug-likeness (QED) is 0.837. The zero-order valence-corrected chi connectivity index (χ0v) is 14.9. The number of carbonyl (C=O) groups is 1. The lowest BCUT2D eigenvalue weighted by Gasteiger charge is -2.33. The van der Waals surface area contributed by atoms with E-state index in [-0.39, 0.29) is 5.91 Å². The molecule has 1 amide bonds. The van der Waals surface area contributed by atoms with E-state index in [0.29, 0.717) is 5.69 Å². The standard InChI is InChI=1S/C19H25N5O/c1-3-22-10-12-23(13-11-22)19(25)17-14-18(21-15-20-17)24(4-2)16-8-6-5-7-9-16/h5-9,14-15H,3-4,10-13H2,1-2H3. The first-order valence-corrected chi connectivity index (χ1v) is 8.89. The molecule has 25 heavy (non-hydrogen) atoms. The van der Waals surface area contributed by atoms with Crippen LogP contribution in [0.2, 0.25) is 0 Å². The van der Waals surface area contributed by atoms with Gasteiger partial charge in [0.25, 0.3) is 5.91 Å². The Labute approximate surface area is 149 Å². The Morgan fingerprint density at radius 1 is 1.08 bits per heavy atom. The van der Waals surface area contributed by atoms with Crippen LogP contribution in [0.3, 0.4) is 0 Å². The van der Waals surface area contributed by atoms with Gasteiger partial charge in [-0.25, -0.2) is 9.97 Å². The van der Waals surface area contributed by atoms with Crippen molar-refractivity contribution < 1.29 is 4.79 Å². The van der Waals surface area contributed by atoms with Crippen molar-refractivity contribution >= 4 is 17.4 Å². The Kier molecular flexibility index (Phi) is 5.60. The second-order valence-corrected chi connectivity index (χ2v) is 6.07. The van der Waals surface area contributed by atoms with Crippen molar-refractivity contribution in [3.8, 4) is 0 Å². The van der Waals surface area contributed by atoms with Crippen LogP contribution in [0.5, 0.6) is 0 Å². The molecule has 1 aliphatic heterocycles. The second kappa shape index (κ2) is 8.07. The number of hydrogen-bond donors (Lipinski definition) is 0. The molecule has 1 aliphatic rings. The lowest BCUT2D eigenvalue weighted by atomic mass is 10.2. The van der Waals surface area contributed by atoms with Gasteiger partial charge in [0.15, 0.2) is 0 Å². The molecule has 3 rings (SSSR count). The summed E-state index contributed by atoms with van der Waals surface area (Å²) in [4.78, 5) is 27.7. The Balaban J connectivity index is 1.78. The van der Waals surface area contributed by atoms with E-state index in [4.69, 9.17) is 0 Å². The molecule has 0 N–H and O–H groups in total. The van der Waals surface area contributed by atoms with Crippen LogP contribution in [-0.2, 0) is 0 Å². The summed E-state index contributed by atoms with van der Waals surface area (Å²) in [6.45, 7) is 9.37. The van der Waals surface area contributed by atoms with Crippen LogP contribution in [0.15, 0.2) is 42.7 Å². The van der Waals surface area contributed by atoms with Crippen molar-refractivity contribution in [3.05, 3.63) is 48.4 Å². The van der Waals surface area contributed by atoms with Gasteiger partial charge in [0, 0.05) is 44.5 Å². The number of para-hydroxylation sites is 1. The molecule has 132 valence electrons. The minimum Gasteiger partial charge on any atom is -0.335 e. The van der Waals surface area contributed by atoms with Gasteiger partial charge in [-0.1, -0.05) is 25.1 Å². The average molecular weight is 339 g/mol. The zero-order chi connectivity index (χ0) is 17.6. The van der Waals surface area contributed by atoms with Gasteiger partial charge in [-0.15, -0.1) is 0 Å². The fraction of sp³-hybridized carbons (Fsp3) is 0.421. The molecular weight excluding hydrogens is 314 g/mol. The van der Waals surface area contributed by atoms with Gasteiger partial charge in [-0.3, -0.25) is 4.79 Å². The maximum Gasteiger partial charge on any atom is 0.272 e. The summed E-state index contributed by atoms with van der Waals surface area (Å²) in [6, 6.07) is 11.9. The number of likely N-dealkylation sites (N-methyl/N-ethyl adjacent to an activating group) is 1. The minimum absolute atomic E-state index is 0.0106. The molecule has 1 aromatic carbocycles. The highest BCUT2D eigenvalue weighted by Crippen LogP contribution is 2.23. The Hall–Kier alpha value is -2.47. The second-order valence-electron chi connectivity index (χ2n) is 6.07. The van der Waals surface area contributed by atoms with E-state index in [9.17, 15) is 4.79 Å². The average Bonchev–Trinajstić information content (AvgIpc) is 2.69. The molecule has 0 radical (unpaired) electrons. The fourth-order valence-electron chi connectivity index (χ4n) is 3.13. The molecule has 6 nitrogen and oxygen atoms in total. The van der Waals surface area contributed by atoms with Crippen molar-refractivity contribution in [2.75, 3.05) is 44.2 Å². The molecule has 1 fully saturated rings. The first kappa shape index (κ1) is 17.4. The highest BCUT2D eigenvalue weighted by Gasteiger charge is 2.23. The van der Waals surface area contributed by atoms with Crippen molar-refractivity contribution in [1.82, 2.24) is 19.8 Å². The number of rotatable bonds is 5. The maximum atomic E-state index is 12.8. The third kappa shape index (κ3) is 3.96. The van der Waals surface area contributed by atoms with Crippen LogP contribution in [0.1, 0.15) is 24.3 Å². The Morgan fingerprint density at radius 2 is 1.80 bits per heavy atom. The monoisotopic (exact) mass is 339 g/mol. The van der Waals surface area contributed by atoms with Crippen LogP contribution in [0.25, 0.3) is 0 Å². The first-order chi connectivity index (χ1) is 12.2. The van der Waals surface area contributed by atoms with Gasteiger partial charge < -0.3 is 14.7 Å². The highest BCUT2D eigenvalue weighted by molar-refractivity contribution is 5.93. The smallest absolute Gasteiger partial charge is 0.272 e. The van der Waals surface area contributed by atoms with Crippen LogP contribution < -0.4 is 4.90 Å². The third-order valence-corrected chi connectivity index (χ3v) is 4.64. The molecule has 6 heteroatoms. The molecule has 0 bridgehead atoms. The number of amides is 1. The molecule has 0 saturated carbocycles. The topological polar surface area (TPSA) is 52.6 Å². The summed E-state index contributed by atoms with van der Waals surface area (Å²) in [7, 11) is 0. The minimum atomic E-state index is -0.0106. The van der Waals surface area contributed by atoms with E-state index in [2.05, 4.69) is 33.6 Å². The van der Waals surface area contributed by atoms with Gasteiger partial charge >= 0.3 is 0 Å². The largest absolute Gasteiger partial charge is 0.335 e. The van der Waals surface area contributed by atoms with E-state index in [1.54, 1.807) is 6.07 Å². The molecule has 0 unspecified atom stereocenters. The zero-order valence-electron chi connectivity index (χ0n) is 14.9. The summed E-state index contributed by atoms with van der Waals surface area (Å²) in [5.74, 6) is 0.739. The summed E-state index contributed by atoms with van der Waals surface area (Å²) < 4.78 is 0. The van der Waals surface area contributed by atoms with Crippen LogP contribution >= 0.6 is 0 Å². The molecule has 1 aromatic heterocycles. The number of anilines is 2. The van der Waals surface area contributed by atoms with Gasteiger partial charge in [0.1, 0.15) is 17.8 Å². The number of piperazine rings is 1. The van der Waals surface area contributed by atoms with Crippen LogP contribution in [0, 0.1) is 0 Å². The van der Waals surface area contributed by atoms with Gasteiger partial charge in [-0.05, 0) is 25.6 Å². The molecule has 0 atom stereocenters. The Morgan fingerprint density at radius 3 is 2.44 bits per heavy atom. The van der Waals surface area contributed by atoms with E-state index in [0.717, 1.165) is 50.8 Å². The predicted molar refractivity (Wildman–Crippen MR) is 99.2 cm³/mol. The first-order valence-electron chi connectivity index (χ1n) is 8.89. The van der Waals surface area contributed by atoms with Crippen molar-refractivity contribution in [1.29, 1.82) is 0 Å². The molecule has 0 aliphatic carbocycles. The van der Waals surface area contributed by atoms with E-state index >= 15 is 0 Å². The van der Waals surface area contributed by atoms with Crippen molar-refractivity contribution in [2.24, 2.45) is 0 Å². The Bertz CT molecular complexity index is 698. The molecule has 1 saturated heterocycles. The normalized spacial score (nSPS) is 15.2. The van der Waals surface area contributed by atoms with Crippen molar-refractivity contribution in [3.63, 3.8) is 0 Å². The van der Waals surface area contributed by atoms with Crippen LogP contribution in [-0.4, -0.2) is 64.9 Å².